The van der Waals surface area contributed by atoms with Gasteiger partial charge in [-0.2, -0.15) is 5.10 Å². The summed E-state index contributed by atoms with van der Waals surface area (Å²) in [7, 11) is 0. The number of amides is 1. The van der Waals surface area contributed by atoms with Crippen molar-refractivity contribution in [1.82, 2.24) is 34.6 Å². The molecule has 1 fully saturated rings. The molecule has 1 N–H and O–H groups in total. The Labute approximate surface area is 224 Å². The Kier molecular flexibility index (Phi) is 6.45. The fourth-order valence-corrected chi connectivity index (χ4v) is 5.24. The number of carbonyl (C=O) groups excluding carboxylic acids is 1. The molecule has 2 aromatic carbocycles. The Hall–Kier alpha value is -3.98. The van der Waals surface area contributed by atoms with E-state index in [1.165, 1.54) is 0 Å². The van der Waals surface area contributed by atoms with Crippen molar-refractivity contribution in [3.05, 3.63) is 59.8 Å². The lowest BCUT2D eigenvalue weighted by Gasteiger charge is -2.31. The molecular formula is C28H28ClN7O2. The Bertz CT molecular complexity index is 1640. The Morgan fingerprint density at radius 2 is 1.95 bits per heavy atom. The molecule has 0 unspecified atom stereocenters. The Morgan fingerprint density at radius 1 is 1.13 bits per heavy atom. The van der Waals surface area contributed by atoms with E-state index in [4.69, 9.17) is 21.3 Å². The highest BCUT2D eigenvalue weighted by Crippen LogP contribution is 2.35. The van der Waals surface area contributed by atoms with Crippen molar-refractivity contribution in [3.63, 3.8) is 0 Å². The standard InChI is InChI=1S/C28H28ClN7O2/c1-3-26(37)35-10-8-18(9-11-35)15-36-16-19(13-31-36)24-14-30-22-6-7-25(27(29)28(22)34-24)38-20-4-5-21-23(12-20)33-17(2)32-21/h4-7,12-14,16,18H,3,8-11,15H2,1-2H3,(H,32,33). The van der Waals surface area contributed by atoms with Gasteiger partial charge in [0.25, 0.3) is 0 Å². The first-order valence-electron chi connectivity index (χ1n) is 12.9. The van der Waals surface area contributed by atoms with E-state index in [2.05, 4.69) is 20.1 Å². The lowest BCUT2D eigenvalue weighted by Crippen LogP contribution is -2.38. The van der Waals surface area contributed by atoms with Crippen LogP contribution < -0.4 is 4.74 Å². The van der Waals surface area contributed by atoms with Crippen LogP contribution in [0.15, 0.2) is 48.9 Å². The van der Waals surface area contributed by atoms with Gasteiger partial charge < -0.3 is 14.6 Å². The average Bonchev–Trinajstić information content (AvgIpc) is 3.55. The number of hydrogen-bond acceptors (Lipinski definition) is 6. The highest BCUT2D eigenvalue weighted by molar-refractivity contribution is 6.36. The molecule has 10 heteroatoms. The molecule has 1 aliphatic rings. The number of H-pyrrole nitrogens is 1. The zero-order chi connectivity index (χ0) is 26.2. The van der Waals surface area contributed by atoms with Crippen LogP contribution in [0.5, 0.6) is 11.5 Å². The molecule has 0 spiro atoms. The van der Waals surface area contributed by atoms with Crippen LogP contribution in [0, 0.1) is 12.8 Å². The molecule has 6 rings (SSSR count). The highest BCUT2D eigenvalue weighted by atomic mass is 35.5. The number of aromatic amines is 1. The normalized spacial score (nSPS) is 14.4. The van der Waals surface area contributed by atoms with Crippen LogP contribution in [0.3, 0.4) is 0 Å². The number of halogens is 1. The lowest BCUT2D eigenvalue weighted by atomic mass is 9.96. The molecule has 1 saturated heterocycles. The highest BCUT2D eigenvalue weighted by Gasteiger charge is 2.22. The molecule has 0 aliphatic carbocycles. The maximum atomic E-state index is 11.9. The van der Waals surface area contributed by atoms with Crippen molar-refractivity contribution in [1.29, 1.82) is 0 Å². The van der Waals surface area contributed by atoms with Crippen LogP contribution in [0.2, 0.25) is 5.02 Å². The first-order valence-corrected chi connectivity index (χ1v) is 13.2. The number of benzene rings is 2. The van der Waals surface area contributed by atoms with Crippen LogP contribution in [-0.2, 0) is 11.3 Å². The van der Waals surface area contributed by atoms with Gasteiger partial charge in [0.05, 0.1) is 34.6 Å². The fraction of sp³-hybridized carbons (Fsp3) is 0.321. The van der Waals surface area contributed by atoms with Gasteiger partial charge in [0.1, 0.15) is 27.9 Å². The van der Waals surface area contributed by atoms with E-state index in [1.807, 2.05) is 53.9 Å². The third-order valence-corrected chi connectivity index (χ3v) is 7.43. The molecule has 4 heterocycles. The van der Waals surface area contributed by atoms with Crippen molar-refractivity contribution in [2.75, 3.05) is 13.1 Å². The van der Waals surface area contributed by atoms with E-state index in [0.29, 0.717) is 45.6 Å². The summed E-state index contributed by atoms with van der Waals surface area (Å²) in [4.78, 5) is 30.9. The first kappa shape index (κ1) is 24.4. The molecule has 194 valence electrons. The van der Waals surface area contributed by atoms with Gasteiger partial charge in [-0.05, 0) is 49.9 Å². The average molecular weight is 530 g/mol. The second-order valence-corrected chi connectivity index (χ2v) is 10.1. The number of hydrogen-bond donors (Lipinski definition) is 1. The van der Waals surface area contributed by atoms with Gasteiger partial charge in [0.2, 0.25) is 5.91 Å². The van der Waals surface area contributed by atoms with Crippen LogP contribution in [0.25, 0.3) is 33.3 Å². The molecular weight excluding hydrogens is 502 g/mol. The molecule has 1 aliphatic heterocycles. The molecule has 9 nitrogen and oxygen atoms in total. The molecule has 0 bridgehead atoms. The zero-order valence-electron chi connectivity index (χ0n) is 21.3. The summed E-state index contributed by atoms with van der Waals surface area (Å²) in [5.74, 6) is 2.73. The third-order valence-electron chi connectivity index (χ3n) is 7.06. The van der Waals surface area contributed by atoms with Crippen LogP contribution in [-0.4, -0.2) is 53.6 Å². The zero-order valence-corrected chi connectivity index (χ0v) is 22.1. The maximum Gasteiger partial charge on any atom is 0.222 e. The molecule has 38 heavy (non-hydrogen) atoms. The Morgan fingerprint density at radius 3 is 2.76 bits per heavy atom. The predicted octanol–water partition coefficient (Wildman–Crippen LogP) is 5.77. The van der Waals surface area contributed by atoms with Gasteiger partial charge in [-0.25, -0.2) is 9.97 Å². The van der Waals surface area contributed by atoms with Gasteiger partial charge in [0, 0.05) is 43.9 Å². The topological polar surface area (TPSA) is 102 Å². The SMILES string of the molecule is CCC(=O)N1CCC(Cn2cc(-c3cnc4ccc(Oc5ccc6nc(C)[nH]c6c5)c(Cl)c4n3)cn2)CC1. The molecule has 3 aromatic heterocycles. The number of carbonyl (C=O) groups is 1. The van der Waals surface area contributed by atoms with E-state index in [1.54, 1.807) is 18.5 Å². The van der Waals surface area contributed by atoms with Crippen molar-refractivity contribution in [2.45, 2.75) is 39.7 Å². The number of piperidine rings is 1. The number of ether oxygens (including phenoxy) is 1. The maximum absolute atomic E-state index is 11.9. The summed E-state index contributed by atoms with van der Waals surface area (Å²) in [6.45, 7) is 6.29. The summed E-state index contributed by atoms with van der Waals surface area (Å²) in [6, 6.07) is 9.33. The number of nitrogens with zero attached hydrogens (tertiary/aromatic N) is 6. The minimum Gasteiger partial charge on any atom is -0.456 e. The van der Waals surface area contributed by atoms with Crippen molar-refractivity contribution >= 4 is 39.6 Å². The number of aryl methyl sites for hydroxylation is 1. The minimum absolute atomic E-state index is 0.237. The van der Waals surface area contributed by atoms with Crippen LogP contribution in [0.4, 0.5) is 0 Å². The summed E-state index contributed by atoms with van der Waals surface area (Å²) in [5.41, 5.74) is 4.61. The smallest absolute Gasteiger partial charge is 0.222 e. The molecule has 0 saturated carbocycles. The Balaban J connectivity index is 1.19. The van der Waals surface area contributed by atoms with Gasteiger partial charge in [-0.1, -0.05) is 18.5 Å². The largest absolute Gasteiger partial charge is 0.456 e. The third kappa shape index (κ3) is 4.81. The van der Waals surface area contributed by atoms with Crippen molar-refractivity contribution in [3.8, 4) is 22.8 Å². The molecule has 1 amide bonds. The number of imidazole rings is 1. The summed E-state index contributed by atoms with van der Waals surface area (Å²) >= 11 is 6.76. The van der Waals surface area contributed by atoms with E-state index in [9.17, 15) is 4.79 Å². The second kappa shape index (κ2) is 10.1. The van der Waals surface area contributed by atoms with Gasteiger partial charge in [-0.3, -0.25) is 14.5 Å². The van der Waals surface area contributed by atoms with Crippen molar-refractivity contribution < 1.29 is 9.53 Å². The molecule has 0 atom stereocenters. The van der Waals surface area contributed by atoms with Gasteiger partial charge >= 0.3 is 0 Å². The summed E-state index contributed by atoms with van der Waals surface area (Å²) in [5, 5.41) is 4.96. The van der Waals surface area contributed by atoms with Gasteiger partial charge in [0.15, 0.2) is 0 Å². The predicted molar refractivity (Wildman–Crippen MR) is 146 cm³/mol. The number of nitrogens with one attached hydrogen (secondary N) is 1. The number of aromatic nitrogens is 6. The monoisotopic (exact) mass is 529 g/mol. The van der Waals surface area contributed by atoms with E-state index in [-0.39, 0.29) is 5.91 Å². The number of rotatable bonds is 6. The van der Waals surface area contributed by atoms with Gasteiger partial charge in [-0.15, -0.1) is 0 Å². The minimum atomic E-state index is 0.237. The van der Waals surface area contributed by atoms with Crippen LogP contribution in [0.1, 0.15) is 32.0 Å². The number of fused-ring (bicyclic) bond motifs is 2. The summed E-state index contributed by atoms with van der Waals surface area (Å²) < 4.78 is 8.07. The number of likely N-dealkylation sites (tertiary alicyclic amines) is 1. The van der Waals surface area contributed by atoms with E-state index in [0.717, 1.165) is 54.9 Å². The first-order chi connectivity index (χ1) is 18.5. The lowest BCUT2D eigenvalue weighted by molar-refractivity contribution is -0.132. The van der Waals surface area contributed by atoms with E-state index >= 15 is 0 Å². The van der Waals surface area contributed by atoms with Crippen LogP contribution >= 0.6 is 11.6 Å². The fourth-order valence-electron chi connectivity index (χ4n) is 5.00. The van der Waals surface area contributed by atoms with Crippen molar-refractivity contribution in [2.24, 2.45) is 5.92 Å². The molecule has 0 radical (unpaired) electrons. The quantitative estimate of drug-likeness (QED) is 0.299. The second-order valence-electron chi connectivity index (χ2n) is 9.73. The van der Waals surface area contributed by atoms with E-state index < -0.39 is 0 Å². The molecule has 5 aromatic rings. The summed E-state index contributed by atoms with van der Waals surface area (Å²) in [6.07, 6.45) is 8.09.